The number of nitrogens with one attached hydrogen (secondary N) is 1. The van der Waals surface area contributed by atoms with Gasteiger partial charge < -0.3 is 0 Å². The Kier molecular flexibility index (Phi) is 8.04. The lowest BCUT2D eigenvalue weighted by Gasteiger charge is -2.22. The molecule has 0 aliphatic carbocycles. The molecule has 0 aromatic heterocycles. The zero-order valence-electron chi connectivity index (χ0n) is 17.2. The molecule has 0 heterocycles. The molecule has 0 unspecified atom stereocenters. The first-order valence-electron chi connectivity index (χ1n) is 9.64. The summed E-state index contributed by atoms with van der Waals surface area (Å²) in [4.78, 5) is 12.6. The van der Waals surface area contributed by atoms with Gasteiger partial charge in [0.05, 0.1) is 17.7 Å². The first-order chi connectivity index (χ1) is 15.3. The van der Waals surface area contributed by atoms with Crippen LogP contribution in [0.3, 0.4) is 0 Å². The van der Waals surface area contributed by atoms with Gasteiger partial charge in [-0.3, -0.25) is 4.79 Å². The minimum absolute atomic E-state index is 0.0271. The van der Waals surface area contributed by atoms with Gasteiger partial charge in [0.2, 0.25) is 10.0 Å². The lowest BCUT2D eigenvalue weighted by Crippen LogP contribution is -2.39. The average Bonchev–Trinajstić information content (AvgIpc) is 2.76. The number of hydrogen-bond acceptors (Lipinski definition) is 4. The molecule has 166 valence electrons. The number of halogens is 2. The van der Waals surface area contributed by atoms with Crippen LogP contribution in [0.15, 0.2) is 82.8 Å². The van der Waals surface area contributed by atoms with Crippen LogP contribution in [0.4, 0.5) is 0 Å². The largest absolute Gasteiger partial charge is 0.272 e. The average molecular weight is 490 g/mol. The van der Waals surface area contributed by atoms with Gasteiger partial charge in [0.15, 0.2) is 0 Å². The highest BCUT2D eigenvalue weighted by Gasteiger charge is 2.27. The third-order valence-electron chi connectivity index (χ3n) is 4.68. The molecule has 0 fully saturated rings. The SMILES string of the molecule is Cc1ccccc1CN(CC(=O)N/N=C\c1ccccc1Cl)S(=O)(=O)c1ccc(Cl)cc1. The minimum Gasteiger partial charge on any atom is -0.272 e. The van der Waals surface area contributed by atoms with Crippen molar-refractivity contribution in [1.82, 2.24) is 9.73 Å². The van der Waals surface area contributed by atoms with Gasteiger partial charge in [0, 0.05) is 22.2 Å². The van der Waals surface area contributed by atoms with Gasteiger partial charge in [-0.15, -0.1) is 0 Å². The summed E-state index contributed by atoms with van der Waals surface area (Å²) < 4.78 is 27.7. The van der Waals surface area contributed by atoms with Crippen molar-refractivity contribution in [3.05, 3.63) is 99.5 Å². The fourth-order valence-corrected chi connectivity index (χ4v) is 4.59. The predicted octanol–water partition coefficient (Wildman–Crippen LogP) is 4.64. The van der Waals surface area contributed by atoms with E-state index in [1.807, 2.05) is 31.2 Å². The number of nitrogens with zero attached hydrogens (tertiary/aromatic N) is 2. The molecule has 3 aromatic rings. The number of hydrogen-bond donors (Lipinski definition) is 1. The molecule has 3 rings (SSSR count). The number of aryl methyl sites for hydroxylation is 1. The zero-order valence-corrected chi connectivity index (χ0v) is 19.5. The predicted molar refractivity (Wildman–Crippen MR) is 127 cm³/mol. The van der Waals surface area contributed by atoms with Crippen LogP contribution in [0.2, 0.25) is 10.0 Å². The van der Waals surface area contributed by atoms with E-state index in [0.717, 1.165) is 15.4 Å². The third kappa shape index (κ3) is 6.17. The number of carbonyl (C=O) groups excluding carboxylic acids is 1. The Morgan fingerprint density at radius 2 is 1.66 bits per heavy atom. The van der Waals surface area contributed by atoms with Gasteiger partial charge >= 0.3 is 0 Å². The van der Waals surface area contributed by atoms with Gasteiger partial charge in [-0.25, -0.2) is 13.8 Å². The molecule has 0 saturated carbocycles. The highest BCUT2D eigenvalue weighted by molar-refractivity contribution is 7.89. The van der Waals surface area contributed by atoms with Crippen molar-refractivity contribution in [1.29, 1.82) is 0 Å². The van der Waals surface area contributed by atoms with Crippen molar-refractivity contribution >= 4 is 45.3 Å². The van der Waals surface area contributed by atoms with E-state index in [9.17, 15) is 13.2 Å². The summed E-state index contributed by atoms with van der Waals surface area (Å²) in [7, 11) is -3.97. The van der Waals surface area contributed by atoms with Crippen LogP contribution in [-0.4, -0.2) is 31.4 Å². The number of benzene rings is 3. The van der Waals surface area contributed by atoms with Crippen LogP contribution in [-0.2, 0) is 21.4 Å². The third-order valence-corrected chi connectivity index (χ3v) is 7.08. The number of hydrazone groups is 1. The summed E-state index contributed by atoms with van der Waals surface area (Å²) in [5.74, 6) is -0.584. The molecule has 6 nitrogen and oxygen atoms in total. The van der Waals surface area contributed by atoms with Crippen molar-refractivity contribution in [2.24, 2.45) is 5.10 Å². The summed E-state index contributed by atoms with van der Waals surface area (Å²) in [5.41, 5.74) is 4.70. The Balaban J connectivity index is 1.82. The molecule has 0 spiro atoms. The monoisotopic (exact) mass is 489 g/mol. The molecular formula is C23H21Cl2N3O3S. The molecule has 0 atom stereocenters. The first-order valence-corrected chi connectivity index (χ1v) is 11.8. The number of carbonyl (C=O) groups is 1. The molecule has 0 bridgehead atoms. The normalized spacial score (nSPS) is 11.8. The van der Waals surface area contributed by atoms with Crippen molar-refractivity contribution in [3.63, 3.8) is 0 Å². The van der Waals surface area contributed by atoms with E-state index in [-0.39, 0.29) is 11.4 Å². The standard InChI is InChI=1S/C23H21Cl2N3O3S/c1-17-6-2-3-8-19(17)15-28(32(30,31)21-12-10-20(24)11-13-21)16-23(29)27-26-14-18-7-4-5-9-22(18)25/h2-14H,15-16H2,1H3,(H,27,29)/b26-14-. The van der Waals surface area contributed by atoms with Gasteiger partial charge in [-0.05, 0) is 48.4 Å². The fraction of sp³-hybridized carbons (Fsp3) is 0.130. The summed E-state index contributed by atoms with van der Waals surface area (Å²) in [6, 6.07) is 20.2. The van der Waals surface area contributed by atoms with Crippen molar-refractivity contribution in [2.45, 2.75) is 18.4 Å². The zero-order chi connectivity index (χ0) is 23.1. The van der Waals surface area contributed by atoms with Crippen molar-refractivity contribution < 1.29 is 13.2 Å². The lowest BCUT2D eigenvalue weighted by molar-refractivity contribution is -0.121. The van der Waals surface area contributed by atoms with Crippen LogP contribution in [0.25, 0.3) is 0 Å². The Labute approximate surface area is 197 Å². The highest BCUT2D eigenvalue weighted by atomic mass is 35.5. The van der Waals surface area contributed by atoms with Crippen LogP contribution in [0, 0.1) is 6.92 Å². The lowest BCUT2D eigenvalue weighted by atomic mass is 10.1. The Morgan fingerprint density at radius 1 is 1.00 bits per heavy atom. The summed E-state index contributed by atoms with van der Waals surface area (Å²) >= 11 is 12.0. The maximum Gasteiger partial charge on any atom is 0.255 e. The molecule has 32 heavy (non-hydrogen) atoms. The Bertz CT molecular complexity index is 1230. The molecule has 0 radical (unpaired) electrons. The van der Waals surface area contributed by atoms with Crippen LogP contribution < -0.4 is 5.43 Å². The summed E-state index contributed by atoms with van der Waals surface area (Å²) in [6.07, 6.45) is 1.40. The molecule has 0 aliphatic rings. The number of amides is 1. The van der Waals surface area contributed by atoms with E-state index in [2.05, 4.69) is 10.5 Å². The van der Waals surface area contributed by atoms with Crippen LogP contribution in [0.5, 0.6) is 0 Å². The molecule has 1 N–H and O–H groups in total. The van der Waals surface area contributed by atoms with Gasteiger partial charge in [-0.2, -0.15) is 9.41 Å². The van der Waals surface area contributed by atoms with Crippen LogP contribution >= 0.6 is 23.2 Å². The van der Waals surface area contributed by atoms with Gasteiger partial charge in [-0.1, -0.05) is 65.7 Å². The fourth-order valence-electron chi connectivity index (χ4n) is 2.91. The summed E-state index contributed by atoms with van der Waals surface area (Å²) in [6.45, 7) is 1.49. The van der Waals surface area contributed by atoms with E-state index in [4.69, 9.17) is 23.2 Å². The van der Waals surface area contributed by atoms with E-state index < -0.39 is 22.5 Å². The van der Waals surface area contributed by atoms with Gasteiger partial charge in [0.1, 0.15) is 0 Å². The Hall–Kier alpha value is -2.71. The Morgan fingerprint density at radius 3 is 2.34 bits per heavy atom. The molecule has 0 saturated heterocycles. The van der Waals surface area contributed by atoms with E-state index in [1.54, 1.807) is 24.3 Å². The number of rotatable bonds is 8. The number of sulfonamides is 1. The molecule has 3 aromatic carbocycles. The topological polar surface area (TPSA) is 78.8 Å². The van der Waals surface area contributed by atoms with Crippen molar-refractivity contribution in [3.8, 4) is 0 Å². The second-order valence-corrected chi connectivity index (χ2v) is 9.75. The minimum atomic E-state index is -3.97. The smallest absolute Gasteiger partial charge is 0.255 e. The quantitative estimate of drug-likeness (QED) is 0.369. The van der Waals surface area contributed by atoms with Gasteiger partial charge in [0.25, 0.3) is 5.91 Å². The second kappa shape index (κ2) is 10.7. The second-order valence-electron chi connectivity index (χ2n) is 6.97. The maximum atomic E-state index is 13.3. The maximum absolute atomic E-state index is 13.3. The van der Waals surface area contributed by atoms with E-state index in [0.29, 0.717) is 15.6 Å². The summed E-state index contributed by atoms with van der Waals surface area (Å²) in [5, 5.41) is 4.80. The molecule has 9 heteroatoms. The van der Waals surface area contributed by atoms with Crippen molar-refractivity contribution in [2.75, 3.05) is 6.54 Å². The van der Waals surface area contributed by atoms with E-state index >= 15 is 0 Å². The molecule has 1 amide bonds. The first kappa shape index (κ1) is 23.9. The highest BCUT2D eigenvalue weighted by Crippen LogP contribution is 2.21. The van der Waals surface area contributed by atoms with Crippen LogP contribution in [0.1, 0.15) is 16.7 Å². The van der Waals surface area contributed by atoms with E-state index in [1.165, 1.54) is 30.5 Å². The molecule has 0 aliphatic heterocycles. The molecular weight excluding hydrogens is 469 g/mol.